The van der Waals surface area contributed by atoms with Crippen molar-refractivity contribution in [1.82, 2.24) is 19.9 Å². The molecule has 0 spiro atoms. The maximum atomic E-state index is 12.7. The molecule has 32 heavy (non-hydrogen) atoms. The van der Waals surface area contributed by atoms with Gasteiger partial charge in [0, 0.05) is 38.9 Å². The molecule has 0 fully saturated rings. The van der Waals surface area contributed by atoms with Gasteiger partial charge < -0.3 is 18.9 Å². The Balaban J connectivity index is 1.47. The van der Waals surface area contributed by atoms with Crippen LogP contribution in [0.25, 0.3) is 11.5 Å². The molecule has 1 aromatic carbocycles. The van der Waals surface area contributed by atoms with Crippen LogP contribution in [0.5, 0.6) is 5.75 Å². The summed E-state index contributed by atoms with van der Waals surface area (Å²) in [6, 6.07) is 7.70. The van der Waals surface area contributed by atoms with Crippen LogP contribution >= 0.6 is 11.8 Å². The fourth-order valence-corrected chi connectivity index (χ4v) is 4.56. The number of hydrogen-bond acceptors (Lipinski definition) is 8. The highest BCUT2D eigenvalue weighted by Gasteiger charge is 2.21. The van der Waals surface area contributed by atoms with E-state index >= 15 is 0 Å². The Labute approximate surface area is 191 Å². The predicted octanol–water partition coefficient (Wildman–Crippen LogP) is 3.43. The lowest BCUT2D eigenvalue weighted by molar-refractivity contribution is 0.139. The Hall–Kier alpha value is -2.62. The number of aromatic amines is 1. The van der Waals surface area contributed by atoms with Crippen molar-refractivity contribution in [3.8, 4) is 17.2 Å². The van der Waals surface area contributed by atoms with E-state index in [-0.39, 0.29) is 5.56 Å². The summed E-state index contributed by atoms with van der Waals surface area (Å²) < 4.78 is 16.8. The van der Waals surface area contributed by atoms with Gasteiger partial charge in [0.05, 0.1) is 35.7 Å². The van der Waals surface area contributed by atoms with Gasteiger partial charge in [0.2, 0.25) is 5.89 Å². The molecule has 8 nitrogen and oxygen atoms in total. The fourth-order valence-electron chi connectivity index (χ4n) is 3.68. The number of ether oxygens (including phenoxy) is 2. The van der Waals surface area contributed by atoms with Crippen molar-refractivity contribution in [2.45, 2.75) is 37.7 Å². The Morgan fingerprint density at radius 1 is 1.28 bits per heavy atom. The van der Waals surface area contributed by atoms with E-state index in [2.05, 4.69) is 14.9 Å². The number of aryl methyl sites for hydroxylation is 1. The van der Waals surface area contributed by atoms with Crippen LogP contribution < -0.4 is 10.3 Å². The molecule has 170 valence electrons. The number of rotatable bonds is 9. The second-order valence-corrected chi connectivity index (χ2v) is 8.52. The Bertz CT molecular complexity index is 1130. The first kappa shape index (κ1) is 22.6. The molecule has 0 atom stereocenters. The van der Waals surface area contributed by atoms with Crippen LogP contribution in [0.15, 0.2) is 38.6 Å². The molecule has 0 saturated heterocycles. The minimum Gasteiger partial charge on any atom is -0.493 e. The van der Waals surface area contributed by atoms with Gasteiger partial charge in [0.1, 0.15) is 11.5 Å². The highest BCUT2D eigenvalue weighted by Crippen LogP contribution is 2.32. The zero-order valence-corrected chi connectivity index (χ0v) is 19.5. The zero-order chi connectivity index (χ0) is 22.5. The summed E-state index contributed by atoms with van der Waals surface area (Å²) in [5, 5.41) is 0.609. The average Bonchev–Trinajstić information content (AvgIpc) is 3.17. The van der Waals surface area contributed by atoms with Crippen molar-refractivity contribution < 1.29 is 13.9 Å². The third-order valence-electron chi connectivity index (χ3n) is 5.39. The molecular formula is C23H28N4O4S. The van der Waals surface area contributed by atoms with E-state index in [0.717, 1.165) is 53.5 Å². The molecule has 2 aromatic heterocycles. The first-order valence-electron chi connectivity index (χ1n) is 10.7. The number of benzene rings is 1. The zero-order valence-electron chi connectivity index (χ0n) is 18.6. The minimum atomic E-state index is -0.0668. The smallest absolute Gasteiger partial charge is 0.256 e. The summed E-state index contributed by atoms with van der Waals surface area (Å²) in [6.45, 7) is 7.37. The quantitative estimate of drug-likeness (QED) is 0.387. The van der Waals surface area contributed by atoms with Gasteiger partial charge in [-0.05, 0) is 26.0 Å². The Kier molecular flexibility index (Phi) is 7.29. The highest BCUT2D eigenvalue weighted by molar-refractivity contribution is 7.98. The molecule has 0 bridgehead atoms. The lowest BCUT2D eigenvalue weighted by Crippen LogP contribution is -2.37. The van der Waals surface area contributed by atoms with Crippen LogP contribution in [0.3, 0.4) is 0 Å². The summed E-state index contributed by atoms with van der Waals surface area (Å²) in [5.74, 6) is 2.57. The summed E-state index contributed by atoms with van der Waals surface area (Å²) >= 11 is 1.46. The van der Waals surface area contributed by atoms with Crippen molar-refractivity contribution in [2.24, 2.45) is 0 Å². The monoisotopic (exact) mass is 456 g/mol. The van der Waals surface area contributed by atoms with E-state index < -0.39 is 0 Å². The van der Waals surface area contributed by atoms with Crippen LogP contribution in [0.1, 0.15) is 29.6 Å². The van der Waals surface area contributed by atoms with E-state index in [0.29, 0.717) is 36.6 Å². The molecule has 1 N–H and O–H groups in total. The number of oxazole rings is 1. The van der Waals surface area contributed by atoms with Gasteiger partial charge in [0.15, 0.2) is 5.16 Å². The van der Waals surface area contributed by atoms with E-state index in [4.69, 9.17) is 18.9 Å². The fraction of sp³-hybridized carbons (Fsp3) is 0.435. The number of hydrogen-bond donors (Lipinski definition) is 1. The molecule has 0 unspecified atom stereocenters. The second-order valence-electron chi connectivity index (χ2n) is 7.56. The minimum absolute atomic E-state index is 0.0668. The number of nitrogens with one attached hydrogen (secondary N) is 1. The summed E-state index contributed by atoms with van der Waals surface area (Å²) in [7, 11) is 1.69. The molecule has 1 aliphatic rings. The third-order valence-corrected chi connectivity index (χ3v) is 6.28. The molecule has 0 amide bonds. The maximum Gasteiger partial charge on any atom is 0.256 e. The second kappa shape index (κ2) is 10.3. The van der Waals surface area contributed by atoms with Crippen molar-refractivity contribution >= 4 is 11.8 Å². The topological polar surface area (TPSA) is 93.5 Å². The first-order valence-corrected chi connectivity index (χ1v) is 11.7. The lowest BCUT2D eigenvalue weighted by atomic mass is 10.1. The highest BCUT2D eigenvalue weighted by atomic mass is 32.2. The summed E-state index contributed by atoms with van der Waals surface area (Å²) in [5.41, 5.74) is 3.22. The molecule has 0 saturated carbocycles. The van der Waals surface area contributed by atoms with Gasteiger partial charge in [-0.3, -0.25) is 9.69 Å². The van der Waals surface area contributed by atoms with Crippen LogP contribution in [0, 0.1) is 6.92 Å². The van der Waals surface area contributed by atoms with Gasteiger partial charge in [-0.15, -0.1) is 0 Å². The average molecular weight is 457 g/mol. The molecule has 3 aromatic rings. The molecule has 0 radical (unpaired) electrons. The van der Waals surface area contributed by atoms with Gasteiger partial charge in [-0.25, -0.2) is 9.97 Å². The summed E-state index contributed by atoms with van der Waals surface area (Å²) in [4.78, 5) is 27.2. The Morgan fingerprint density at radius 2 is 2.12 bits per heavy atom. The number of H-pyrrole nitrogens is 1. The van der Waals surface area contributed by atoms with Gasteiger partial charge in [0.25, 0.3) is 5.56 Å². The molecule has 4 rings (SSSR count). The third kappa shape index (κ3) is 5.06. The Morgan fingerprint density at radius 3 is 2.94 bits per heavy atom. The SMILES string of the molecule is CCOc1ccccc1-c1nc(CSc2nc3c(c(=O)[nH]2)CN(CCOC)CC3)c(C)o1. The van der Waals surface area contributed by atoms with Crippen LogP contribution in [0.4, 0.5) is 0 Å². The van der Waals surface area contributed by atoms with Gasteiger partial charge in [-0.2, -0.15) is 0 Å². The largest absolute Gasteiger partial charge is 0.493 e. The van der Waals surface area contributed by atoms with Crippen LogP contribution in [-0.4, -0.2) is 53.3 Å². The normalized spacial score (nSPS) is 13.8. The van der Waals surface area contributed by atoms with Crippen LogP contribution in [-0.2, 0) is 23.5 Å². The molecule has 1 aliphatic heterocycles. The number of fused-ring (bicyclic) bond motifs is 1. The van der Waals surface area contributed by atoms with Crippen molar-refractivity contribution in [1.29, 1.82) is 0 Å². The number of para-hydroxylation sites is 1. The number of aromatic nitrogens is 3. The van der Waals surface area contributed by atoms with E-state index in [9.17, 15) is 4.79 Å². The van der Waals surface area contributed by atoms with Gasteiger partial charge in [-0.1, -0.05) is 23.9 Å². The standard InChI is InChI=1S/C23H28N4O4S/c1-4-30-20-8-6-5-7-16(20)22-24-19(15(2)31-22)14-32-23-25-18-9-10-27(11-12-29-3)13-17(18)21(28)26-23/h5-8H,4,9-14H2,1-3H3,(H,25,26,28). The number of methoxy groups -OCH3 is 1. The maximum absolute atomic E-state index is 12.7. The predicted molar refractivity (Wildman–Crippen MR) is 123 cm³/mol. The molecule has 9 heteroatoms. The first-order chi connectivity index (χ1) is 15.6. The van der Waals surface area contributed by atoms with Crippen molar-refractivity contribution in [3.05, 3.63) is 57.3 Å². The lowest BCUT2D eigenvalue weighted by Gasteiger charge is -2.27. The van der Waals surface area contributed by atoms with Crippen molar-refractivity contribution in [2.75, 3.05) is 33.4 Å². The molecule has 0 aliphatic carbocycles. The van der Waals surface area contributed by atoms with Gasteiger partial charge >= 0.3 is 0 Å². The van der Waals surface area contributed by atoms with E-state index in [1.165, 1.54) is 11.8 Å². The van der Waals surface area contributed by atoms with Crippen molar-refractivity contribution in [3.63, 3.8) is 0 Å². The van der Waals surface area contributed by atoms with E-state index in [1.807, 2.05) is 38.1 Å². The number of nitrogens with zero attached hydrogens (tertiary/aromatic N) is 3. The molecular weight excluding hydrogens is 428 g/mol. The van der Waals surface area contributed by atoms with E-state index in [1.54, 1.807) is 7.11 Å². The number of thioether (sulfide) groups is 1. The summed E-state index contributed by atoms with van der Waals surface area (Å²) in [6.07, 6.45) is 0.762. The molecule has 3 heterocycles. The van der Waals surface area contributed by atoms with Crippen LogP contribution in [0.2, 0.25) is 0 Å².